The van der Waals surface area contributed by atoms with E-state index in [1.54, 1.807) is 40.5 Å². The predicted molar refractivity (Wildman–Crippen MR) is 159 cm³/mol. The fourth-order valence-corrected chi connectivity index (χ4v) is 8.03. The highest BCUT2D eigenvalue weighted by Crippen LogP contribution is 2.60. The van der Waals surface area contributed by atoms with E-state index in [0.29, 0.717) is 10.6 Å². The molecule has 2 aliphatic rings. The van der Waals surface area contributed by atoms with Gasteiger partial charge in [-0.25, -0.2) is 5.01 Å². The van der Waals surface area contributed by atoms with Gasteiger partial charge in [0.15, 0.2) is 0 Å². The van der Waals surface area contributed by atoms with Gasteiger partial charge in [0, 0.05) is 17.8 Å². The number of nitrogens with zero attached hydrogens (tertiary/aromatic N) is 4. The molecule has 0 saturated carbocycles. The number of para-hydroxylation sites is 1. The highest BCUT2D eigenvalue weighted by molar-refractivity contribution is 8.28. The summed E-state index contributed by atoms with van der Waals surface area (Å²) in [5.41, 5.74) is 2.19. The maximum atomic E-state index is 14.1. The van der Waals surface area contributed by atoms with Crippen LogP contribution in [0.3, 0.4) is 0 Å². The largest absolute Gasteiger partial charge is 0.497 e. The van der Waals surface area contributed by atoms with Gasteiger partial charge in [0.25, 0.3) is 11.6 Å². The van der Waals surface area contributed by atoms with Crippen LogP contribution in [0.5, 0.6) is 5.75 Å². The number of ether oxygens (including phenoxy) is 1. The van der Waals surface area contributed by atoms with Crippen molar-refractivity contribution in [3.63, 3.8) is 0 Å². The number of carbonyl (C=O) groups is 1. The number of thiophene rings is 1. The zero-order valence-corrected chi connectivity index (χ0v) is 22.9. The molecule has 6 rings (SSSR count). The van der Waals surface area contributed by atoms with E-state index in [-0.39, 0.29) is 11.6 Å². The fraction of sp³-hybridized carbons (Fsp3) is 0.0714. The van der Waals surface area contributed by atoms with E-state index in [4.69, 9.17) is 9.84 Å². The lowest BCUT2D eigenvalue weighted by Crippen LogP contribution is -2.51. The minimum absolute atomic E-state index is 0.0164. The van der Waals surface area contributed by atoms with Crippen molar-refractivity contribution < 1.29 is 14.5 Å². The van der Waals surface area contributed by atoms with Gasteiger partial charge in [-0.15, -0.1) is 11.3 Å². The minimum atomic E-state index is -1.04. The van der Waals surface area contributed by atoms with Crippen molar-refractivity contribution in [2.24, 2.45) is 5.10 Å². The highest BCUT2D eigenvalue weighted by Gasteiger charge is 2.59. The quantitative estimate of drug-likeness (QED) is 0.139. The van der Waals surface area contributed by atoms with E-state index in [1.165, 1.54) is 35.7 Å². The Hall–Kier alpha value is -4.06. The van der Waals surface area contributed by atoms with Crippen LogP contribution in [0.2, 0.25) is 0 Å². The lowest BCUT2D eigenvalue weighted by Gasteiger charge is -2.38. The minimum Gasteiger partial charge on any atom is -0.497 e. The molecule has 1 fully saturated rings. The van der Waals surface area contributed by atoms with E-state index in [9.17, 15) is 14.9 Å². The van der Waals surface area contributed by atoms with Gasteiger partial charge in [0.1, 0.15) is 10.8 Å². The molecule has 0 bridgehead atoms. The van der Waals surface area contributed by atoms with Gasteiger partial charge in [-0.05, 0) is 71.2 Å². The van der Waals surface area contributed by atoms with Crippen LogP contribution in [-0.4, -0.2) is 27.3 Å². The number of carbonyl (C=O) groups excluding carboxylic acids is 1. The Bertz CT molecular complexity index is 1590. The third-order valence-corrected chi connectivity index (χ3v) is 9.85. The van der Waals surface area contributed by atoms with Crippen LogP contribution in [0.1, 0.15) is 10.4 Å². The molecule has 0 radical (unpaired) electrons. The summed E-state index contributed by atoms with van der Waals surface area (Å²) in [5.74, 6) is 0.568. The van der Waals surface area contributed by atoms with Crippen molar-refractivity contribution in [2.75, 3.05) is 17.0 Å². The van der Waals surface area contributed by atoms with Gasteiger partial charge in [-0.3, -0.25) is 19.8 Å². The van der Waals surface area contributed by atoms with Gasteiger partial charge in [-0.2, -0.15) is 5.10 Å². The van der Waals surface area contributed by atoms with Crippen molar-refractivity contribution in [1.29, 1.82) is 0 Å². The summed E-state index contributed by atoms with van der Waals surface area (Å²) in [6, 6.07) is 27.2. The van der Waals surface area contributed by atoms with E-state index in [2.05, 4.69) is 0 Å². The summed E-state index contributed by atoms with van der Waals surface area (Å²) >= 11 is 4.44. The zero-order valence-electron chi connectivity index (χ0n) is 20.5. The highest BCUT2D eigenvalue weighted by atomic mass is 32.2. The number of rotatable bonds is 6. The van der Waals surface area contributed by atoms with Gasteiger partial charge in [0.2, 0.25) is 4.33 Å². The molecule has 0 N–H and O–H groups in total. The summed E-state index contributed by atoms with van der Waals surface area (Å²) in [5, 5.41) is 20.8. The molecule has 1 atom stereocenters. The number of thioether (sulfide) groups is 2. The van der Waals surface area contributed by atoms with Crippen molar-refractivity contribution in [2.45, 2.75) is 4.33 Å². The smallest absolute Gasteiger partial charge is 0.269 e. The van der Waals surface area contributed by atoms with Crippen LogP contribution < -0.4 is 14.6 Å². The molecule has 4 aromatic rings. The van der Waals surface area contributed by atoms with Crippen molar-refractivity contribution in [3.8, 4) is 5.75 Å². The Kier molecular flexibility index (Phi) is 6.63. The fourth-order valence-electron chi connectivity index (χ4n) is 4.26. The predicted octanol–water partition coefficient (Wildman–Crippen LogP) is 7.01. The van der Waals surface area contributed by atoms with Crippen LogP contribution in [0.15, 0.2) is 106 Å². The number of hydrogen-bond acceptors (Lipinski definition) is 9. The normalized spacial score (nSPS) is 19.7. The first kappa shape index (κ1) is 25.2. The van der Waals surface area contributed by atoms with Crippen LogP contribution in [0, 0.1) is 10.1 Å². The number of methoxy groups -OCH3 is 1. The molecular weight excluding hydrogens is 553 g/mol. The van der Waals surface area contributed by atoms with Crippen LogP contribution >= 0.6 is 34.9 Å². The molecule has 0 aliphatic carbocycles. The molecule has 1 spiro atoms. The lowest BCUT2D eigenvalue weighted by atomic mass is 10.2. The Morgan fingerprint density at radius 2 is 1.67 bits per heavy atom. The second kappa shape index (κ2) is 10.3. The first-order chi connectivity index (χ1) is 19.0. The number of anilines is 2. The van der Waals surface area contributed by atoms with Crippen molar-refractivity contribution >= 4 is 68.9 Å². The third-order valence-electron chi connectivity index (χ3n) is 6.09. The first-order valence-electron chi connectivity index (χ1n) is 11.8. The van der Waals surface area contributed by atoms with Gasteiger partial charge in [-0.1, -0.05) is 48.2 Å². The molecule has 1 aromatic heterocycles. The standard InChI is InChI=1S/C28H20N4O4S3/c1-36-23-15-9-19(10-16-23)18-25-27(33)30(20-6-3-2-4-7-20)28(38-25)31(21-11-13-22(14-12-21)32(34)35)29-26(39-28)24-8-5-17-37-24/h2-18H,1H3/b25-18-. The molecule has 8 nitrogen and oxygen atoms in total. The van der Waals surface area contributed by atoms with Crippen LogP contribution in [0.25, 0.3) is 6.08 Å². The molecule has 2 aliphatic heterocycles. The Balaban J connectivity index is 1.50. The molecule has 11 heteroatoms. The Labute approximate surface area is 236 Å². The Morgan fingerprint density at radius 1 is 0.923 bits per heavy atom. The monoisotopic (exact) mass is 572 g/mol. The second-order valence-corrected chi connectivity index (χ2v) is 12.1. The number of benzene rings is 3. The van der Waals surface area contributed by atoms with Crippen molar-refractivity contribution in [3.05, 3.63) is 122 Å². The van der Waals surface area contributed by atoms with E-state index in [1.807, 2.05) is 78.2 Å². The average molecular weight is 573 g/mol. The molecule has 3 aromatic carbocycles. The molecule has 1 saturated heterocycles. The third kappa shape index (κ3) is 4.58. The van der Waals surface area contributed by atoms with E-state index < -0.39 is 9.25 Å². The number of amides is 1. The first-order valence-corrected chi connectivity index (χ1v) is 14.3. The molecule has 39 heavy (non-hydrogen) atoms. The maximum absolute atomic E-state index is 14.1. The number of hydrogen-bond donors (Lipinski definition) is 0. The van der Waals surface area contributed by atoms with Crippen LogP contribution in [0.4, 0.5) is 17.1 Å². The number of nitro benzene ring substituents is 1. The SMILES string of the molecule is COc1ccc(/C=C2\SC3(SC(c4cccs4)=NN3c3ccc([N+](=O)[O-])cc3)N(c3ccccc3)C2=O)cc1. The Morgan fingerprint density at radius 3 is 2.31 bits per heavy atom. The summed E-state index contributed by atoms with van der Waals surface area (Å²) in [6.07, 6.45) is 1.87. The number of nitro groups is 1. The van der Waals surface area contributed by atoms with E-state index >= 15 is 0 Å². The molecule has 194 valence electrons. The summed E-state index contributed by atoms with van der Waals surface area (Å²) in [7, 11) is 1.61. The summed E-state index contributed by atoms with van der Waals surface area (Å²) in [6.45, 7) is 0. The number of hydrazone groups is 1. The number of non-ortho nitro benzene ring substituents is 1. The van der Waals surface area contributed by atoms with Gasteiger partial charge in [0.05, 0.1) is 27.5 Å². The topological polar surface area (TPSA) is 88.3 Å². The molecule has 1 unspecified atom stereocenters. The van der Waals surface area contributed by atoms with E-state index in [0.717, 1.165) is 26.9 Å². The molecular formula is C28H20N4O4S3. The maximum Gasteiger partial charge on any atom is 0.269 e. The molecule has 3 heterocycles. The van der Waals surface area contributed by atoms with Crippen LogP contribution in [-0.2, 0) is 4.79 Å². The molecule has 1 amide bonds. The van der Waals surface area contributed by atoms with Crippen molar-refractivity contribution in [1.82, 2.24) is 0 Å². The van der Waals surface area contributed by atoms with Gasteiger partial charge >= 0.3 is 0 Å². The second-order valence-electron chi connectivity index (χ2n) is 8.48. The van der Waals surface area contributed by atoms with Gasteiger partial charge < -0.3 is 4.74 Å². The zero-order chi connectivity index (χ0) is 27.0. The lowest BCUT2D eigenvalue weighted by molar-refractivity contribution is -0.384. The summed E-state index contributed by atoms with van der Waals surface area (Å²) in [4.78, 5) is 28.3. The summed E-state index contributed by atoms with van der Waals surface area (Å²) < 4.78 is 4.24. The average Bonchev–Trinajstić information content (AvgIpc) is 3.69.